The minimum absolute atomic E-state index is 0.0541. The van der Waals surface area contributed by atoms with Crippen LogP contribution in [0.2, 0.25) is 0 Å². The van der Waals surface area contributed by atoms with E-state index >= 15 is 4.39 Å². The number of aromatic nitrogens is 1. The van der Waals surface area contributed by atoms with Gasteiger partial charge in [-0.15, -0.1) is 11.3 Å². The Kier molecular flexibility index (Phi) is 8.25. The molecule has 7 rings (SSSR count). The highest BCUT2D eigenvalue weighted by Crippen LogP contribution is 2.39. The number of nitrogens with one attached hydrogen (secondary N) is 1. The third-order valence-electron chi connectivity index (χ3n) is 8.18. The number of carbonyl (C=O) groups excluding carboxylic acids is 2. The zero-order valence-electron chi connectivity index (χ0n) is 24.6. The molecule has 5 aromatic rings. The first-order valence-electron chi connectivity index (χ1n) is 15.1. The second kappa shape index (κ2) is 12.8. The van der Waals surface area contributed by atoms with E-state index in [0.717, 1.165) is 59.1 Å². The van der Waals surface area contributed by atoms with Gasteiger partial charge in [-0.25, -0.2) is 9.18 Å². The molecule has 0 bridgehead atoms. The number of amides is 3. The van der Waals surface area contributed by atoms with E-state index in [2.05, 4.69) is 39.5 Å². The summed E-state index contributed by atoms with van der Waals surface area (Å²) in [6.45, 7) is 5.82. The average Bonchev–Trinajstić information content (AvgIpc) is 3.68. The van der Waals surface area contributed by atoms with Gasteiger partial charge in [-0.3, -0.25) is 24.5 Å². The fourth-order valence-corrected chi connectivity index (χ4v) is 6.85. The number of piperazine rings is 1. The molecule has 4 heterocycles. The first-order chi connectivity index (χ1) is 22.0. The van der Waals surface area contributed by atoms with Gasteiger partial charge in [0, 0.05) is 68.6 Å². The van der Waals surface area contributed by atoms with E-state index in [9.17, 15) is 9.59 Å². The van der Waals surface area contributed by atoms with Crippen LogP contribution >= 0.6 is 11.3 Å². The largest absolute Gasteiger partial charge is 0.453 e. The minimum atomic E-state index is -0.583. The summed E-state index contributed by atoms with van der Waals surface area (Å²) in [4.78, 5) is 36.7. The Hall–Kier alpha value is -4.64. The smallest absolute Gasteiger partial charge is 0.331 e. The van der Waals surface area contributed by atoms with Gasteiger partial charge < -0.3 is 10.1 Å². The van der Waals surface area contributed by atoms with E-state index in [-0.39, 0.29) is 30.7 Å². The number of ether oxygens (including phenoxy) is 1. The molecule has 10 heteroatoms. The number of pyridine rings is 1. The van der Waals surface area contributed by atoms with Crippen molar-refractivity contribution in [2.45, 2.75) is 13.0 Å². The molecule has 0 saturated carbocycles. The number of para-hydroxylation sites is 1. The van der Waals surface area contributed by atoms with Gasteiger partial charge in [0.15, 0.2) is 11.6 Å². The van der Waals surface area contributed by atoms with Crippen molar-refractivity contribution in [2.75, 3.05) is 44.2 Å². The summed E-state index contributed by atoms with van der Waals surface area (Å²) in [5.74, 6) is -0.387. The molecule has 3 aromatic carbocycles. The Morgan fingerprint density at radius 2 is 1.67 bits per heavy atom. The quantitative estimate of drug-likeness (QED) is 0.219. The molecule has 0 atom stereocenters. The Morgan fingerprint density at radius 3 is 2.44 bits per heavy atom. The summed E-state index contributed by atoms with van der Waals surface area (Å²) in [7, 11) is 0. The van der Waals surface area contributed by atoms with E-state index < -0.39 is 5.82 Å². The first kappa shape index (κ1) is 29.1. The molecular formula is C35H32FN5O3S. The zero-order valence-corrected chi connectivity index (χ0v) is 25.4. The van der Waals surface area contributed by atoms with Crippen LogP contribution in [-0.2, 0) is 17.8 Å². The van der Waals surface area contributed by atoms with Crippen molar-refractivity contribution in [1.29, 1.82) is 0 Å². The van der Waals surface area contributed by atoms with Crippen molar-refractivity contribution in [3.8, 4) is 21.9 Å². The summed E-state index contributed by atoms with van der Waals surface area (Å²) in [6.07, 6.45) is 1.56. The monoisotopic (exact) mass is 621 g/mol. The van der Waals surface area contributed by atoms with Crippen molar-refractivity contribution in [2.24, 2.45) is 0 Å². The molecule has 8 nitrogen and oxygen atoms in total. The number of rotatable bonds is 8. The van der Waals surface area contributed by atoms with Crippen LogP contribution in [0.25, 0.3) is 20.7 Å². The highest BCUT2D eigenvalue weighted by molar-refractivity contribution is 7.22. The van der Waals surface area contributed by atoms with Crippen LogP contribution in [0.5, 0.6) is 11.5 Å². The molecule has 1 N–H and O–H groups in total. The summed E-state index contributed by atoms with van der Waals surface area (Å²) in [6, 6.07) is 25.7. The Morgan fingerprint density at radius 1 is 0.889 bits per heavy atom. The van der Waals surface area contributed by atoms with Crippen LogP contribution < -0.4 is 15.0 Å². The number of halogens is 1. The van der Waals surface area contributed by atoms with Crippen molar-refractivity contribution >= 4 is 39.2 Å². The van der Waals surface area contributed by atoms with Crippen LogP contribution in [-0.4, -0.2) is 66.0 Å². The van der Waals surface area contributed by atoms with Crippen LogP contribution in [0.15, 0.2) is 91.1 Å². The fraction of sp³-hybridized carbons (Fsp3) is 0.229. The molecular weight excluding hydrogens is 589 g/mol. The minimum Gasteiger partial charge on any atom is -0.453 e. The zero-order chi connectivity index (χ0) is 30.8. The lowest BCUT2D eigenvalue weighted by molar-refractivity contribution is -0.126. The van der Waals surface area contributed by atoms with E-state index in [1.54, 1.807) is 34.6 Å². The normalized spacial score (nSPS) is 15.6. The number of carbonyl (C=O) groups is 2. The van der Waals surface area contributed by atoms with Gasteiger partial charge in [0.05, 0.1) is 16.6 Å². The first-order valence-corrected chi connectivity index (χ1v) is 15.9. The van der Waals surface area contributed by atoms with Gasteiger partial charge in [0.1, 0.15) is 5.75 Å². The highest BCUT2D eigenvalue weighted by atomic mass is 32.1. The molecule has 0 aliphatic carbocycles. The van der Waals surface area contributed by atoms with Gasteiger partial charge in [-0.05, 0) is 47.0 Å². The summed E-state index contributed by atoms with van der Waals surface area (Å²) in [5, 5.41) is 3.39. The van der Waals surface area contributed by atoms with Crippen LogP contribution in [0.1, 0.15) is 11.1 Å². The molecule has 0 radical (unpaired) electrons. The maximum atomic E-state index is 15.3. The number of anilines is 1. The van der Waals surface area contributed by atoms with Gasteiger partial charge >= 0.3 is 6.03 Å². The third-order valence-corrected chi connectivity index (χ3v) is 9.37. The molecule has 2 aromatic heterocycles. The summed E-state index contributed by atoms with van der Waals surface area (Å²) >= 11 is 1.55. The number of fused-ring (bicyclic) bond motifs is 1. The Bertz CT molecular complexity index is 1840. The number of thiophene rings is 1. The lowest BCUT2D eigenvalue weighted by Crippen LogP contribution is -2.42. The molecule has 0 spiro atoms. The highest BCUT2D eigenvalue weighted by Gasteiger charge is 2.33. The third kappa shape index (κ3) is 6.30. The predicted octanol–water partition coefficient (Wildman–Crippen LogP) is 6.31. The molecule has 0 unspecified atom stereocenters. The SMILES string of the molecule is O=C(Cc1ccc(Oc2ccnc3cc(-c4ccc(CN5CCNCC5)cc4)sc23)c(F)c1)N1CCN(c2ccccc2)C1=O. The molecule has 2 saturated heterocycles. The predicted molar refractivity (Wildman–Crippen MR) is 174 cm³/mol. The van der Waals surface area contributed by atoms with Gasteiger partial charge in [-0.1, -0.05) is 48.5 Å². The lowest BCUT2D eigenvalue weighted by Gasteiger charge is -2.27. The Balaban J connectivity index is 1.02. The Labute approximate surface area is 264 Å². The number of hydrogen-bond acceptors (Lipinski definition) is 7. The maximum Gasteiger partial charge on any atom is 0.331 e. The standard InChI is InChI=1S/C35H32FN5O3S/c36-28-20-25(21-33(42)41-19-18-40(35(41)43)27-4-2-1-3-5-27)8-11-30(28)44-31-12-13-38-29-22-32(45-34(29)31)26-9-6-24(7-10-26)23-39-16-14-37-15-17-39/h1-13,20,22,37H,14-19,21,23H2. The fourth-order valence-electron chi connectivity index (χ4n) is 5.78. The molecule has 228 valence electrons. The molecule has 45 heavy (non-hydrogen) atoms. The summed E-state index contributed by atoms with van der Waals surface area (Å²) in [5.41, 5.74) is 4.37. The van der Waals surface area contributed by atoms with Crippen molar-refractivity contribution in [3.63, 3.8) is 0 Å². The van der Waals surface area contributed by atoms with E-state index in [1.165, 1.54) is 22.6 Å². The van der Waals surface area contributed by atoms with Crippen molar-refractivity contribution < 1.29 is 18.7 Å². The van der Waals surface area contributed by atoms with E-state index in [4.69, 9.17) is 4.74 Å². The van der Waals surface area contributed by atoms with Gasteiger partial charge in [-0.2, -0.15) is 0 Å². The van der Waals surface area contributed by atoms with Crippen LogP contribution in [0.4, 0.5) is 14.9 Å². The average molecular weight is 622 g/mol. The van der Waals surface area contributed by atoms with Crippen LogP contribution in [0, 0.1) is 5.82 Å². The molecule has 3 amide bonds. The lowest BCUT2D eigenvalue weighted by atomic mass is 10.1. The van der Waals surface area contributed by atoms with Crippen molar-refractivity contribution in [3.05, 3.63) is 108 Å². The van der Waals surface area contributed by atoms with Gasteiger partial charge in [0.2, 0.25) is 5.91 Å². The number of urea groups is 1. The second-order valence-corrected chi connectivity index (χ2v) is 12.3. The van der Waals surface area contributed by atoms with Gasteiger partial charge in [0.25, 0.3) is 0 Å². The number of benzene rings is 3. The molecule has 2 fully saturated rings. The molecule has 2 aliphatic heterocycles. The summed E-state index contributed by atoms with van der Waals surface area (Å²) < 4.78 is 22.1. The number of imide groups is 1. The van der Waals surface area contributed by atoms with Crippen LogP contribution in [0.3, 0.4) is 0 Å². The maximum absolute atomic E-state index is 15.3. The van der Waals surface area contributed by atoms with Crippen molar-refractivity contribution in [1.82, 2.24) is 20.1 Å². The second-order valence-electron chi connectivity index (χ2n) is 11.2. The molecule has 2 aliphatic rings. The topological polar surface area (TPSA) is 78.0 Å². The number of nitrogens with zero attached hydrogens (tertiary/aromatic N) is 4. The number of hydrogen-bond donors (Lipinski definition) is 1. The van der Waals surface area contributed by atoms with E-state index in [0.29, 0.717) is 17.9 Å². The van der Waals surface area contributed by atoms with E-state index in [1.807, 2.05) is 36.4 Å².